The molecule has 3 heterocycles. The van der Waals surface area contributed by atoms with Crippen LogP contribution in [-0.2, 0) is 21.3 Å². The van der Waals surface area contributed by atoms with Gasteiger partial charge in [0.15, 0.2) is 0 Å². The molecule has 0 N–H and O–H groups in total. The van der Waals surface area contributed by atoms with Crippen LogP contribution in [0, 0.1) is 11.8 Å². The fourth-order valence-corrected chi connectivity index (χ4v) is 6.32. The van der Waals surface area contributed by atoms with Gasteiger partial charge in [-0.3, -0.25) is 9.59 Å². The van der Waals surface area contributed by atoms with E-state index < -0.39 is 15.5 Å². The number of likely N-dealkylation sites (tertiary alicyclic amines) is 1. The van der Waals surface area contributed by atoms with Crippen LogP contribution in [0.25, 0.3) is 10.9 Å². The number of rotatable bonds is 4. The molecule has 2 fully saturated rings. The van der Waals surface area contributed by atoms with Gasteiger partial charge in [-0.15, -0.1) is 0 Å². The van der Waals surface area contributed by atoms with Gasteiger partial charge >= 0.3 is 0 Å². The first-order valence-electron chi connectivity index (χ1n) is 11.3. The minimum atomic E-state index is -3.75. The van der Waals surface area contributed by atoms with E-state index in [4.69, 9.17) is 4.74 Å². The number of aromatic nitrogens is 1. The highest BCUT2D eigenvalue weighted by Gasteiger charge is 2.30. The summed E-state index contributed by atoms with van der Waals surface area (Å²) in [5.74, 6) is 0.475. The molecule has 1 aromatic carbocycles. The Bertz CT molecular complexity index is 1170. The van der Waals surface area contributed by atoms with Crippen molar-refractivity contribution < 1.29 is 17.9 Å². The predicted octanol–water partition coefficient (Wildman–Crippen LogP) is 2.16. The minimum absolute atomic E-state index is 0.0662. The van der Waals surface area contributed by atoms with E-state index in [9.17, 15) is 18.0 Å². The fourth-order valence-electron chi connectivity index (χ4n) is 4.89. The number of piperidine rings is 1. The van der Waals surface area contributed by atoms with Crippen LogP contribution in [0.1, 0.15) is 37.6 Å². The number of morpholine rings is 1. The number of ether oxygens (including phenoxy) is 1. The van der Waals surface area contributed by atoms with Crippen LogP contribution in [0.3, 0.4) is 0 Å². The summed E-state index contributed by atoms with van der Waals surface area (Å²) in [4.78, 5) is 28.6. The van der Waals surface area contributed by atoms with Gasteiger partial charge in [0, 0.05) is 44.3 Å². The molecule has 32 heavy (non-hydrogen) atoms. The summed E-state index contributed by atoms with van der Waals surface area (Å²) in [6, 6.07) is 4.62. The van der Waals surface area contributed by atoms with Gasteiger partial charge in [-0.25, -0.2) is 8.42 Å². The molecule has 0 saturated carbocycles. The molecule has 0 spiro atoms. The van der Waals surface area contributed by atoms with Crippen LogP contribution >= 0.6 is 0 Å². The molecule has 8 nitrogen and oxygen atoms in total. The zero-order valence-corrected chi connectivity index (χ0v) is 19.7. The predicted molar refractivity (Wildman–Crippen MR) is 122 cm³/mol. The highest BCUT2D eigenvalue weighted by Crippen LogP contribution is 2.24. The van der Waals surface area contributed by atoms with E-state index in [-0.39, 0.29) is 34.8 Å². The van der Waals surface area contributed by atoms with Gasteiger partial charge < -0.3 is 14.2 Å². The van der Waals surface area contributed by atoms with Crippen molar-refractivity contribution in [1.29, 1.82) is 0 Å². The van der Waals surface area contributed by atoms with Crippen molar-refractivity contribution >= 4 is 26.8 Å². The second-order valence-corrected chi connectivity index (χ2v) is 10.9. The summed E-state index contributed by atoms with van der Waals surface area (Å²) in [6.45, 7) is 9.22. The summed E-state index contributed by atoms with van der Waals surface area (Å²) in [7, 11) is -3.75. The molecule has 174 valence electrons. The number of sulfonamides is 1. The average Bonchev–Trinajstić information content (AvgIpc) is 2.78. The quantitative estimate of drug-likeness (QED) is 0.696. The third-order valence-corrected chi connectivity index (χ3v) is 8.28. The molecule has 2 aliphatic rings. The van der Waals surface area contributed by atoms with Crippen LogP contribution in [0.5, 0.6) is 0 Å². The molecule has 9 heteroatoms. The lowest BCUT2D eigenvalue weighted by molar-refractivity contribution is 0.0621. The molecule has 4 rings (SSSR count). The maximum Gasteiger partial charge on any atom is 0.259 e. The van der Waals surface area contributed by atoms with Gasteiger partial charge in [0.05, 0.1) is 23.6 Å². The highest BCUT2D eigenvalue weighted by atomic mass is 32.2. The summed E-state index contributed by atoms with van der Waals surface area (Å²) in [5, 5.41) is 0.255. The highest BCUT2D eigenvalue weighted by molar-refractivity contribution is 7.89. The number of pyridine rings is 1. The van der Waals surface area contributed by atoms with Crippen LogP contribution < -0.4 is 5.43 Å². The van der Waals surface area contributed by atoms with Crippen molar-refractivity contribution in [3.8, 4) is 0 Å². The zero-order valence-electron chi connectivity index (χ0n) is 18.9. The summed E-state index contributed by atoms with van der Waals surface area (Å²) >= 11 is 0. The summed E-state index contributed by atoms with van der Waals surface area (Å²) in [6.07, 6.45) is 2.68. The smallest absolute Gasteiger partial charge is 0.259 e. The normalized spacial score (nSPS) is 22.9. The van der Waals surface area contributed by atoms with Gasteiger partial charge in [-0.2, -0.15) is 4.31 Å². The molecular formula is C23H31N3O5S. The van der Waals surface area contributed by atoms with Crippen LogP contribution in [0.4, 0.5) is 0 Å². The first kappa shape index (κ1) is 22.9. The van der Waals surface area contributed by atoms with Gasteiger partial charge in [0.1, 0.15) is 5.56 Å². The monoisotopic (exact) mass is 461 g/mol. The molecule has 2 aliphatic heterocycles. The molecule has 0 aliphatic carbocycles. The van der Waals surface area contributed by atoms with Crippen molar-refractivity contribution in [2.75, 3.05) is 39.4 Å². The number of nitrogens with zero attached hydrogens (tertiary/aromatic N) is 3. The molecule has 1 aromatic heterocycles. The maximum atomic E-state index is 13.4. The number of carbonyl (C=O) groups is 1. The number of hydrogen-bond donors (Lipinski definition) is 0. The molecular weight excluding hydrogens is 430 g/mol. The third kappa shape index (κ3) is 4.21. The van der Waals surface area contributed by atoms with Crippen LogP contribution in [0.2, 0.25) is 0 Å². The van der Waals surface area contributed by atoms with Crippen molar-refractivity contribution in [3.63, 3.8) is 0 Å². The lowest BCUT2D eigenvalue weighted by Crippen LogP contribution is -2.44. The van der Waals surface area contributed by atoms with Crippen molar-refractivity contribution in [3.05, 3.63) is 40.2 Å². The van der Waals surface area contributed by atoms with Crippen molar-refractivity contribution in [2.24, 2.45) is 11.8 Å². The molecule has 0 radical (unpaired) electrons. The number of hydrogen-bond acceptors (Lipinski definition) is 5. The number of carbonyl (C=O) groups excluding carboxylic acids is 1. The molecule has 2 atom stereocenters. The Morgan fingerprint density at radius 1 is 1.12 bits per heavy atom. The number of fused-ring (bicyclic) bond motifs is 1. The second kappa shape index (κ2) is 8.96. The number of amides is 1. The lowest BCUT2D eigenvalue weighted by Gasteiger charge is -2.35. The minimum Gasteiger partial charge on any atom is -0.379 e. The Morgan fingerprint density at radius 2 is 1.78 bits per heavy atom. The van der Waals surface area contributed by atoms with Gasteiger partial charge in [-0.05, 0) is 43.4 Å². The van der Waals surface area contributed by atoms with E-state index in [0.717, 1.165) is 6.42 Å². The Labute approximate surface area is 188 Å². The third-order valence-electron chi connectivity index (χ3n) is 6.39. The SMILES string of the molecule is CCn1cc(C(=O)N2C[C@H](C)C[C@H](C)C2)c(=O)c2cc(S(=O)(=O)N3CCOCC3)ccc21. The molecule has 2 aromatic rings. The molecule has 0 bridgehead atoms. The van der Waals surface area contributed by atoms with E-state index in [1.165, 1.54) is 16.4 Å². The average molecular weight is 462 g/mol. The van der Waals surface area contributed by atoms with E-state index in [1.54, 1.807) is 17.2 Å². The topological polar surface area (TPSA) is 88.9 Å². The van der Waals surface area contributed by atoms with Gasteiger partial charge in [0.2, 0.25) is 15.5 Å². The van der Waals surface area contributed by atoms with Crippen molar-refractivity contribution in [1.82, 2.24) is 13.8 Å². The Balaban J connectivity index is 1.79. The Hall–Kier alpha value is -2.23. The Morgan fingerprint density at radius 3 is 2.41 bits per heavy atom. The first-order valence-corrected chi connectivity index (χ1v) is 12.7. The summed E-state index contributed by atoms with van der Waals surface area (Å²) in [5.41, 5.74) is 0.302. The van der Waals surface area contributed by atoms with Crippen LogP contribution in [0.15, 0.2) is 34.1 Å². The molecule has 2 saturated heterocycles. The van der Waals surface area contributed by atoms with Gasteiger partial charge in [-0.1, -0.05) is 13.8 Å². The van der Waals surface area contributed by atoms with E-state index in [2.05, 4.69) is 13.8 Å². The fraction of sp³-hybridized carbons (Fsp3) is 0.565. The van der Waals surface area contributed by atoms with E-state index in [1.807, 2.05) is 11.5 Å². The van der Waals surface area contributed by atoms with E-state index in [0.29, 0.717) is 50.2 Å². The summed E-state index contributed by atoms with van der Waals surface area (Å²) < 4.78 is 34.7. The zero-order chi connectivity index (χ0) is 23.0. The van der Waals surface area contributed by atoms with E-state index >= 15 is 0 Å². The largest absolute Gasteiger partial charge is 0.379 e. The van der Waals surface area contributed by atoms with Gasteiger partial charge in [0.25, 0.3) is 5.91 Å². The first-order chi connectivity index (χ1) is 15.2. The maximum absolute atomic E-state index is 13.4. The number of aryl methyl sites for hydroxylation is 1. The van der Waals surface area contributed by atoms with Crippen molar-refractivity contribution in [2.45, 2.75) is 38.6 Å². The van der Waals surface area contributed by atoms with Crippen LogP contribution in [-0.4, -0.2) is 67.5 Å². The standard InChI is InChI=1S/C23H31N3O5S/c1-4-24-15-20(23(28)25-13-16(2)11-17(3)14-25)22(27)19-12-18(5-6-21(19)24)32(29,30)26-7-9-31-10-8-26/h5-6,12,15-17H,4,7-11,13-14H2,1-3H3/t16-,17+. The lowest BCUT2D eigenvalue weighted by atomic mass is 9.91. The molecule has 0 unspecified atom stereocenters. The molecule has 1 amide bonds. The Kier molecular flexibility index (Phi) is 6.42. The number of benzene rings is 1. The second-order valence-electron chi connectivity index (χ2n) is 9.01.